The minimum atomic E-state index is -0.718. The van der Waals surface area contributed by atoms with Crippen LogP contribution >= 0.6 is 15.9 Å². The van der Waals surface area contributed by atoms with Crippen molar-refractivity contribution < 1.29 is 9.13 Å². The van der Waals surface area contributed by atoms with Gasteiger partial charge in [0.2, 0.25) is 0 Å². The van der Waals surface area contributed by atoms with Gasteiger partial charge in [-0.3, -0.25) is 14.3 Å². The molecule has 1 fully saturated rings. The molecule has 0 spiro atoms. The van der Waals surface area contributed by atoms with E-state index in [-0.39, 0.29) is 11.7 Å². The Labute approximate surface area is 116 Å². The second-order valence-electron chi connectivity index (χ2n) is 4.19. The molecule has 5 nitrogen and oxygen atoms in total. The smallest absolute Gasteiger partial charge is 0.293 e. The number of rotatable bonds is 3. The molecule has 0 atom stereocenters. The molecule has 0 bridgehead atoms. The summed E-state index contributed by atoms with van der Waals surface area (Å²) in [5.41, 5.74) is 0.594. The first-order chi connectivity index (χ1) is 8.56. The number of nitrogens with zero attached hydrogens (tertiary/aromatic N) is 1. The summed E-state index contributed by atoms with van der Waals surface area (Å²) in [6.07, 6.45) is 1.58. The number of anilines is 1. The van der Waals surface area contributed by atoms with Gasteiger partial charge in [0.25, 0.3) is 5.69 Å². The maximum atomic E-state index is 11.2. The summed E-state index contributed by atoms with van der Waals surface area (Å²) in [5.74, 6) is 1.34. The molecule has 7 heteroatoms. The molecule has 98 valence electrons. The molecular formula is C11H13BrN2O3S. The Hall–Kier alpha value is -0.950. The van der Waals surface area contributed by atoms with Crippen molar-refractivity contribution in [3.63, 3.8) is 0 Å². The van der Waals surface area contributed by atoms with E-state index in [2.05, 4.69) is 21.2 Å². The predicted molar refractivity (Wildman–Crippen MR) is 75.3 cm³/mol. The first-order valence-electron chi connectivity index (χ1n) is 5.61. The number of hydrogen-bond acceptors (Lipinski definition) is 4. The second kappa shape index (κ2) is 5.79. The zero-order chi connectivity index (χ0) is 13.1. The maximum Gasteiger partial charge on any atom is 0.293 e. The third-order valence-electron chi connectivity index (χ3n) is 2.90. The van der Waals surface area contributed by atoms with E-state index < -0.39 is 15.7 Å². The number of nitro benzene ring substituents is 1. The molecule has 1 heterocycles. The molecule has 1 aliphatic heterocycles. The van der Waals surface area contributed by atoms with Gasteiger partial charge < -0.3 is 5.32 Å². The molecular weight excluding hydrogens is 320 g/mol. The van der Waals surface area contributed by atoms with Gasteiger partial charge in [-0.15, -0.1) is 0 Å². The lowest BCUT2D eigenvalue weighted by atomic mass is 10.1. The summed E-state index contributed by atoms with van der Waals surface area (Å²) in [6, 6.07) is 5.13. The van der Waals surface area contributed by atoms with Crippen molar-refractivity contribution in [3.8, 4) is 0 Å². The molecule has 1 aliphatic rings. The van der Waals surface area contributed by atoms with Gasteiger partial charge in [0.05, 0.1) is 4.92 Å². The van der Waals surface area contributed by atoms with Gasteiger partial charge in [0.15, 0.2) is 0 Å². The van der Waals surface area contributed by atoms with Crippen molar-refractivity contribution in [1.29, 1.82) is 0 Å². The summed E-state index contributed by atoms with van der Waals surface area (Å²) < 4.78 is 11.9. The lowest BCUT2D eigenvalue weighted by molar-refractivity contribution is -0.384. The van der Waals surface area contributed by atoms with Gasteiger partial charge in [-0.2, -0.15) is 0 Å². The summed E-state index contributed by atoms with van der Waals surface area (Å²) in [4.78, 5) is 10.6. The minimum Gasteiger partial charge on any atom is -0.377 e. The monoisotopic (exact) mass is 332 g/mol. The number of benzene rings is 1. The highest BCUT2D eigenvalue weighted by Crippen LogP contribution is 2.29. The highest BCUT2D eigenvalue weighted by molar-refractivity contribution is 9.10. The standard InChI is InChI=1S/C11H13BrN2O3S/c12-8-1-2-10(11(7-8)14(15)16)13-9-3-5-18(17)6-4-9/h1-2,7,9,13H,3-6H2. The van der Waals surface area contributed by atoms with Gasteiger partial charge >= 0.3 is 0 Å². The number of halogens is 1. The van der Waals surface area contributed by atoms with Crippen LogP contribution in [-0.2, 0) is 10.8 Å². The Morgan fingerprint density at radius 2 is 2.06 bits per heavy atom. The fourth-order valence-corrected chi connectivity index (χ4v) is 3.58. The van der Waals surface area contributed by atoms with Crippen LogP contribution in [0.1, 0.15) is 12.8 Å². The Morgan fingerprint density at radius 3 is 2.67 bits per heavy atom. The highest BCUT2D eigenvalue weighted by Gasteiger charge is 2.21. The van der Waals surface area contributed by atoms with Gasteiger partial charge in [-0.1, -0.05) is 15.9 Å². The molecule has 0 aliphatic carbocycles. The lowest BCUT2D eigenvalue weighted by Gasteiger charge is -2.23. The van der Waals surface area contributed by atoms with Crippen LogP contribution in [0, 0.1) is 10.1 Å². The van der Waals surface area contributed by atoms with Crippen molar-refractivity contribution in [2.45, 2.75) is 18.9 Å². The van der Waals surface area contributed by atoms with Crippen LogP contribution in [0.4, 0.5) is 11.4 Å². The lowest BCUT2D eigenvalue weighted by Crippen LogP contribution is -2.29. The maximum absolute atomic E-state index is 11.2. The van der Waals surface area contributed by atoms with E-state index >= 15 is 0 Å². The molecule has 1 saturated heterocycles. The normalized spacial score (nSPS) is 23.6. The van der Waals surface area contributed by atoms with E-state index in [4.69, 9.17) is 0 Å². The van der Waals surface area contributed by atoms with E-state index in [9.17, 15) is 14.3 Å². The van der Waals surface area contributed by atoms with Crippen molar-refractivity contribution >= 4 is 38.1 Å². The Morgan fingerprint density at radius 1 is 1.39 bits per heavy atom. The fourth-order valence-electron chi connectivity index (χ4n) is 1.94. The molecule has 0 saturated carbocycles. The van der Waals surface area contributed by atoms with Gasteiger partial charge in [0, 0.05) is 38.9 Å². The quantitative estimate of drug-likeness (QED) is 0.682. The highest BCUT2D eigenvalue weighted by atomic mass is 79.9. The predicted octanol–water partition coefficient (Wildman–Crippen LogP) is 2.68. The number of nitro groups is 1. The van der Waals surface area contributed by atoms with Gasteiger partial charge in [0.1, 0.15) is 5.69 Å². The summed E-state index contributed by atoms with van der Waals surface area (Å²) in [5, 5.41) is 14.1. The molecule has 0 amide bonds. The van der Waals surface area contributed by atoms with E-state index in [1.807, 2.05) is 0 Å². The first-order valence-corrected chi connectivity index (χ1v) is 7.90. The molecule has 1 aromatic rings. The minimum absolute atomic E-state index is 0.0658. The Balaban J connectivity index is 2.13. The zero-order valence-electron chi connectivity index (χ0n) is 9.60. The average molecular weight is 333 g/mol. The SMILES string of the molecule is O=[N+]([O-])c1cc(Br)ccc1NC1CCS(=O)CC1. The summed E-state index contributed by atoms with van der Waals surface area (Å²) in [6.45, 7) is 0. The first kappa shape index (κ1) is 13.5. The van der Waals surface area contributed by atoms with Crippen LogP contribution < -0.4 is 5.32 Å². The van der Waals surface area contributed by atoms with Gasteiger partial charge in [-0.25, -0.2) is 0 Å². The van der Waals surface area contributed by atoms with Crippen molar-refractivity contribution in [3.05, 3.63) is 32.8 Å². The van der Waals surface area contributed by atoms with Crippen molar-refractivity contribution in [2.24, 2.45) is 0 Å². The van der Waals surface area contributed by atoms with Crippen LogP contribution in [-0.4, -0.2) is 26.7 Å². The number of nitrogens with one attached hydrogen (secondary N) is 1. The van der Waals surface area contributed by atoms with Gasteiger partial charge in [-0.05, 0) is 25.0 Å². The summed E-state index contributed by atoms with van der Waals surface area (Å²) >= 11 is 3.23. The van der Waals surface area contributed by atoms with E-state index in [1.54, 1.807) is 12.1 Å². The molecule has 0 unspecified atom stereocenters. The van der Waals surface area contributed by atoms with Crippen molar-refractivity contribution in [2.75, 3.05) is 16.8 Å². The van der Waals surface area contributed by atoms with E-state index in [1.165, 1.54) is 6.07 Å². The molecule has 0 aromatic heterocycles. The van der Waals surface area contributed by atoms with E-state index in [0.717, 1.165) is 12.8 Å². The van der Waals surface area contributed by atoms with Crippen LogP contribution in [0.5, 0.6) is 0 Å². The number of hydrogen-bond donors (Lipinski definition) is 1. The molecule has 18 heavy (non-hydrogen) atoms. The Bertz CT molecular complexity index is 485. The second-order valence-corrected chi connectivity index (χ2v) is 6.80. The average Bonchev–Trinajstić information content (AvgIpc) is 2.34. The molecule has 1 N–H and O–H groups in total. The van der Waals surface area contributed by atoms with Crippen LogP contribution in [0.3, 0.4) is 0 Å². The summed E-state index contributed by atoms with van der Waals surface area (Å²) in [7, 11) is -0.718. The van der Waals surface area contributed by atoms with Crippen molar-refractivity contribution in [1.82, 2.24) is 0 Å². The third-order valence-corrected chi connectivity index (χ3v) is 4.78. The van der Waals surface area contributed by atoms with E-state index in [0.29, 0.717) is 21.7 Å². The van der Waals surface area contributed by atoms with Crippen LogP contribution in [0.2, 0.25) is 0 Å². The van der Waals surface area contributed by atoms with Crippen LogP contribution in [0.25, 0.3) is 0 Å². The molecule has 0 radical (unpaired) electrons. The third kappa shape index (κ3) is 3.29. The van der Waals surface area contributed by atoms with Crippen LogP contribution in [0.15, 0.2) is 22.7 Å². The fraction of sp³-hybridized carbons (Fsp3) is 0.455. The zero-order valence-corrected chi connectivity index (χ0v) is 12.0. The topological polar surface area (TPSA) is 72.2 Å². The Kier molecular flexibility index (Phi) is 4.34. The molecule has 1 aromatic carbocycles. The molecule has 2 rings (SSSR count). The largest absolute Gasteiger partial charge is 0.377 e.